The Morgan fingerprint density at radius 3 is 2.10 bits per heavy atom. The van der Waals surface area contributed by atoms with Gasteiger partial charge in [-0.25, -0.2) is 13.4 Å². The number of anilines is 1. The lowest BCUT2D eigenvalue weighted by molar-refractivity contribution is 0.582. The Kier molecular flexibility index (Phi) is 5.04. The Bertz CT molecular complexity index is 1280. The van der Waals surface area contributed by atoms with Crippen LogP contribution in [0.2, 0.25) is 0 Å². The zero-order valence-corrected chi connectivity index (χ0v) is 17.2. The largest absolute Gasteiger partial charge is 0.415 e. The van der Waals surface area contributed by atoms with E-state index >= 15 is 0 Å². The van der Waals surface area contributed by atoms with Gasteiger partial charge >= 0.3 is 0 Å². The summed E-state index contributed by atoms with van der Waals surface area (Å²) in [6, 6.07) is 13.7. The van der Waals surface area contributed by atoms with Crippen LogP contribution in [0.1, 0.15) is 13.8 Å². The summed E-state index contributed by atoms with van der Waals surface area (Å²) in [6.07, 6.45) is 3.12. The summed E-state index contributed by atoms with van der Waals surface area (Å²) >= 11 is 0. The quantitative estimate of drug-likeness (QED) is 0.484. The number of nitrogen functional groups attached to an aromatic ring is 1. The fraction of sp³-hybridized carbons (Fsp3) is 0.143. The van der Waals surface area contributed by atoms with Crippen LogP contribution in [-0.4, -0.2) is 33.8 Å². The standard InChI is InChI=1S/C21H19N5O3S/c1-13(2)30(27,28)17-9-5-14(6-10-17)18-11-23-12-19(24-18)21-26-25-20(29-21)15-3-7-16(22)8-4-15/h3-13H,22H2,1-2H3. The Morgan fingerprint density at radius 2 is 1.43 bits per heavy atom. The van der Waals surface area contributed by atoms with Gasteiger partial charge < -0.3 is 10.2 Å². The molecule has 0 saturated heterocycles. The molecule has 0 amide bonds. The van der Waals surface area contributed by atoms with Crippen molar-refractivity contribution in [2.75, 3.05) is 5.73 Å². The molecule has 4 aromatic rings. The van der Waals surface area contributed by atoms with Crippen LogP contribution in [0, 0.1) is 0 Å². The van der Waals surface area contributed by atoms with Crippen LogP contribution in [0.5, 0.6) is 0 Å². The minimum absolute atomic E-state index is 0.232. The molecule has 2 N–H and O–H groups in total. The zero-order chi connectivity index (χ0) is 21.3. The van der Waals surface area contributed by atoms with Crippen molar-refractivity contribution in [2.24, 2.45) is 0 Å². The van der Waals surface area contributed by atoms with E-state index in [2.05, 4.69) is 20.2 Å². The number of sulfone groups is 1. The zero-order valence-electron chi connectivity index (χ0n) is 16.4. The number of nitrogens with zero attached hydrogens (tertiary/aromatic N) is 4. The summed E-state index contributed by atoms with van der Waals surface area (Å²) in [4.78, 5) is 9.01. The van der Waals surface area contributed by atoms with Gasteiger partial charge in [-0.3, -0.25) is 4.98 Å². The number of benzene rings is 2. The highest BCUT2D eigenvalue weighted by Crippen LogP contribution is 2.26. The van der Waals surface area contributed by atoms with E-state index in [9.17, 15) is 8.42 Å². The molecule has 2 aromatic carbocycles. The van der Waals surface area contributed by atoms with Gasteiger partial charge in [-0.2, -0.15) is 0 Å². The van der Waals surface area contributed by atoms with Gasteiger partial charge in [0, 0.05) is 16.8 Å². The maximum atomic E-state index is 12.3. The Balaban J connectivity index is 1.63. The third kappa shape index (κ3) is 3.79. The van der Waals surface area contributed by atoms with Crippen molar-refractivity contribution in [2.45, 2.75) is 24.0 Å². The van der Waals surface area contributed by atoms with Crippen molar-refractivity contribution in [1.82, 2.24) is 20.2 Å². The molecule has 0 aliphatic rings. The molecule has 0 radical (unpaired) electrons. The minimum atomic E-state index is -3.33. The van der Waals surface area contributed by atoms with Crippen molar-refractivity contribution >= 4 is 15.5 Å². The summed E-state index contributed by atoms with van der Waals surface area (Å²) in [7, 11) is -3.33. The first-order valence-electron chi connectivity index (χ1n) is 9.21. The first-order valence-corrected chi connectivity index (χ1v) is 10.8. The van der Waals surface area contributed by atoms with Crippen LogP contribution in [0.15, 0.2) is 70.2 Å². The van der Waals surface area contributed by atoms with E-state index in [0.717, 1.165) is 11.1 Å². The van der Waals surface area contributed by atoms with E-state index in [1.807, 2.05) is 0 Å². The van der Waals surface area contributed by atoms with Crippen molar-refractivity contribution in [3.8, 4) is 34.3 Å². The Labute approximate surface area is 173 Å². The van der Waals surface area contributed by atoms with Gasteiger partial charge in [-0.1, -0.05) is 12.1 Å². The van der Waals surface area contributed by atoms with Crippen LogP contribution < -0.4 is 5.73 Å². The van der Waals surface area contributed by atoms with E-state index in [1.54, 1.807) is 68.6 Å². The van der Waals surface area contributed by atoms with Crippen molar-refractivity contribution in [1.29, 1.82) is 0 Å². The van der Waals surface area contributed by atoms with Gasteiger partial charge in [0.1, 0.15) is 5.69 Å². The second-order valence-corrected chi connectivity index (χ2v) is 9.45. The van der Waals surface area contributed by atoms with Gasteiger partial charge in [-0.15, -0.1) is 10.2 Å². The SMILES string of the molecule is CC(C)S(=O)(=O)c1ccc(-c2cncc(-c3nnc(-c4ccc(N)cc4)o3)n2)cc1. The average Bonchev–Trinajstić information content (AvgIpc) is 3.25. The molecule has 152 valence electrons. The molecule has 4 rings (SSSR count). The van der Waals surface area contributed by atoms with Crippen LogP contribution >= 0.6 is 0 Å². The number of hydrogen-bond donors (Lipinski definition) is 1. The summed E-state index contributed by atoms with van der Waals surface area (Å²) in [5.74, 6) is 0.579. The second kappa shape index (κ2) is 7.68. The van der Waals surface area contributed by atoms with Crippen molar-refractivity contribution in [3.63, 3.8) is 0 Å². The highest BCUT2D eigenvalue weighted by molar-refractivity contribution is 7.92. The van der Waals surface area contributed by atoms with Gasteiger partial charge in [0.05, 0.1) is 28.2 Å². The molecule has 0 saturated carbocycles. The highest BCUT2D eigenvalue weighted by Gasteiger charge is 2.19. The molecule has 0 atom stereocenters. The fourth-order valence-electron chi connectivity index (χ4n) is 2.76. The normalized spacial score (nSPS) is 11.7. The third-order valence-corrected chi connectivity index (χ3v) is 6.71. The van der Waals surface area contributed by atoms with Crippen molar-refractivity contribution < 1.29 is 12.8 Å². The highest BCUT2D eigenvalue weighted by atomic mass is 32.2. The average molecular weight is 421 g/mol. The van der Waals surface area contributed by atoms with Gasteiger partial charge in [0.15, 0.2) is 9.84 Å². The molecule has 0 aliphatic heterocycles. The number of rotatable bonds is 5. The molecule has 0 unspecified atom stereocenters. The van der Waals surface area contributed by atoms with E-state index < -0.39 is 15.1 Å². The van der Waals surface area contributed by atoms with Crippen molar-refractivity contribution in [3.05, 3.63) is 60.9 Å². The maximum Gasteiger partial charge on any atom is 0.268 e. The lowest BCUT2D eigenvalue weighted by Gasteiger charge is -2.08. The molecule has 2 heterocycles. The summed E-state index contributed by atoms with van der Waals surface area (Å²) in [6.45, 7) is 3.31. The molecule has 2 aromatic heterocycles. The van der Waals surface area contributed by atoms with Crippen LogP contribution in [0.3, 0.4) is 0 Å². The lowest BCUT2D eigenvalue weighted by atomic mass is 10.1. The van der Waals surface area contributed by atoms with Crippen LogP contribution in [0.25, 0.3) is 34.3 Å². The van der Waals surface area contributed by atoms with E-state index in [1.165, 1.54) is 6.20 Å². The van der Waals surface area contributed by atoms with Crippen LogP contribution in [-0.2, 0) is 9.84 Å². The molecule has 0 aliphatic carbocycles. The number of hydrogen-bond acceptors (Lipinski definition) is 8. The predicted molar refractivity (Wildman–Crippen MR) is 113 cm³/mol. The topological polar surface area (TPSA) is 125 Å². The second-order valence-electron chi connectivity index (χ2n) is 6.94. The summed E-state index contributed by atoms with van der Waals surface area (Å²) in [5, 5.41) is 7.63. The molecule has 0 bridgehead atoms. The van der Waals surface area contributed by atoms with Crippen LogP contribution in [0.4, 0.5) is 5.69 Å². The summed E-state index contributed by atoms with van der Waals surface area (Å²) < 4.78 is 30.3. The minimum Gasteiger partial charge on any atom is -0.415 e. The van der Waals surface area contributed by atoms with Gasteiger partial charge in [-0.05, 0) is 50.2 Å². The van der Waals surface area contributed by atoms with Gasteiger partial charge in [0.25, 0.3) is 5.89 Å². The fourth-order valence-corrected chi connectivity index (χ4v) is 3.82. The first-order chi connectivity index (χ1) is 14.3. The molecule has 0 fully saturated rings. The lowest BCUT2D eigenvalue weighted by Crippen LogP contribution is -2.13. The van der Waals surface area contributed by atoms with E-state index in [4.69, 9.17) is 10.2 Å². The first kappa shape index (κ1) is 19.7. The molecule has 8 nitrogen and oxygen atoms in total. The number of nitrogens with two attached hydrogens (primary N) is 1. The van der Waals surface area contributed by atoms with E-state index in [-0.39, 0.29) is 10.8 Å². The summed E-state index contributed by atoms with van der Waals surface area (Å²) in [5.41, 5.74) is 8.80. The monoisotopic (exact) mass is 421 g/mol. The molecule has 9 heteroatoms. The smallest absolute Gasteiger partial charge is 0.268 e. The Morgan fingerprint density at radius 1 is 0.833 bits per heavy atom. The predicted octanol–water partition coefficient (Wildman–Crippen LogP) is 3.62. The van der Waals surface area contributed by atoms with E-state index in [0.29, 0.717) is 23.0 Å². The molecular weight excluding hydrogens is 402 g/mol. The Hall–Kier alpha value is -3.59. The molecule has 0 spiro atoms. The van der Waals surface area contributed by atoms with Gasteiger partial charge in [0.2, 0.25) is 5.89 Å². The number of aromatic nitrogens is 4. The molecular formula is C21H19N5O3S. The third-order valence-electron chi connectivity index (χ3n) is 4.54. The maximum absolute atomic E-state index is 12.3. The molecule has 30 heavy (non-hydrogen) atoms.